The van der Waals surface area contributed by atoms with Gasteiger partial charge in [-0.25, -0.2) is 9.59 Å². The van der Waals surface area contributed by atoms with Gasteiger partial charge in [0.25, 0.3) is 0 Å². The van der Waals surface area contributed by atoms with E-state index >= 15 is 0 Å². The van der Waals surface area contributed by atoms with Crippen LogP contribution in [0.1, 0.15) is 17.5 Å². The third-order valence-electron chi connectivity index (χ3n) is 7.27. The van der Waals surface area contributed by atoms with E-state index in [-0.39, 0.29) is 6.54 Å². The Labute approximate surface area is 216 Å². The molecule has 1 spiro atoms. The van der Waals surface area contributed by atoms with Gasteiger partial charge >= 0.3 is 17.8 Å². The molecule has 2 heterocycles. The number of benzene rings is 3. The van der Waals surface area contributed by atoms with Gasteiger partial charge < -0.3 is 9.47 Å². The summed E-state index contributed by atoms with van der Waals surface area (Å²) in [5.41, 5.74) is 7.35. The molecule has 0 aromatic heterocycles. The second-order valence-electron chi connectivity index (χ2n) is 9.53. The van der Waals surface area contributed by atoms with Crippen LogP contribution in [0.2, 0.25) is 0 Å². The number of nitrogens with zero attached hydrogens (tertiary/aromatic N) is 2. The normalized spacial score (nSPS) is 18.7. The van der Waals surface area contributed by atoms with Crippen molar-refractivity contribution < 1.29 is 19.1 Å². The smallest absolute Gasteiger partial charge is 0.356 e. The zero-order chi connectivity index (χ0) is 25.2. The second kappa shape index (κ2) is 9.71. The van der Waals surface area contributed by atoms with Crippen molar-refractivity contribution in [2.75, 3.05) is 31.1 Å². The van der Waals surface area contributed by atoms with E-state index in [1.54, 1.807) is 0 Å². The number of anilines is 1. The summed E-state index contributed by atoms with van der Waals surface area (Å²) in [5.74, 6) is -2.69. The Morgan fingerprint density at radius 3 is 2.16 bits per heavy atom. The molecular weight excluding hydrogens is 464 g/mol. The molecule has 2 aliphatic heterocycles. The van der Waals surface area contributed by atoms with Crippen LogP contribution in [-0.2, 0) is 25.5 Å². The van der Waals surface area contributed by atoms with E-state index in [9.17, 15) is 9.59 Å². The molecule has 1 saturated heterocycles. The van der Waals surface area contributed by atoms with E-state index in [0.29, 0.717) is 6.54 Å². The predicted octanol–water partition coefficient (Wildman–Crippen LogP) is 4.82. The number of carbonyl (C=O) groups excluding carboxylic acids is 2. The summed E-state index contributed by atoms with van der Waals surface area (Å²) in [6.45, 7) is 2.33. The Balaban J connectivity index is 1.21. The molecule has 0 saturated carbocycles. The van der Waals surface area contributed by atoms with Gasteiger partial charge in [-0.2, -0.15) is 0 Å². The maximum absolute atomic E-state index is 12.4. The minimum Gasteiger partial charge on any atom is -0.399 e. The molecule has 0 unspecified atom stereocenters. The van der Waals surface area contributed by atoms with Gasteiger partial charge in [0.05, 0.1) is 6.54 Å². The lowest BCUT2D eigenvalue weighted by Crippen LogP contribution is -2.66. The van der Waals surface area contributed by atoms with Gasteiger partial charge in [-0.1, -0.05) is 72.8 Å². The van der Waals surface area contributed by atoms with Gasteiger partial charge in [-0.15, -0.1) is 0 Å². The Morgan fingerprint density at radius 2 is 1.43 bits per heavy atom. The van der Waals surface area contributed by atoms with Gasteiger partial charge in [0.15, 0.2) is 0 Å². The van der Waals surface area contributed by atoms with E-state index < -0.39 is 17.8 Å². The summed E-state index contributed by atoms with van der Waals surface area (Å²) in [6, 6.07) is 26.7. The van der Waals surface area contributed by atoms with Crippen molar-refractivity contribution in [2.45, 2.75) is 18.8 Å². The van der Waals surface area contributed by atoms with Crippen molar-refractivity contribution in [1.82, 2.24) is 4.90 Å². The minimum atomic E-state index is -1.51. The number of esters is 2. The molecule has 0 amide bonds. The largest absolute Gasteiger partial charge is 0.399 e. The average Bonchev–Trinajstić information content (AvgIpc) is 3.29. The number of allylic oxidation sites excluding steroid dienone is 1. The fourth-order valence-electron chi connectivity index (χ4n) is 5.54. The third-order valence-corrected chi connectivity index (χ3v) is 7.27. The molecule has 0 atom stereocenters. The number of piperazine rings is 1. The summed E-state index contributed by atoms with van der Waals surface area (Å²) < 4.78 is 11.6. The summed E-state index contributed by atoms with van der Waals surface area (Å²) in [4.78, 5) is 29.0. The van der Waals surface area contributed by atoms with E-state index in [2.05, 4.69) is 53.4 Å². The zero-order valence-electron chi connectivity index (χ0n) is 20.5. The Hall–Kier alpha value is -4.16. The van der Waals surface area contributed by atoms with Crippen molar-refractivity contribution in [3.05, 3.63) is 108 Å². The van der Waals surface area contributed by atoms with Crippen LogP contribution in [0, 0.1) is 0 Å². The average molecular weight is 493 g/mol. The summed E-state index contributed by atoms with van der Waals surface area (Å²) in [7, 11) is 0. The van der Waals surface area contributed by atoms with Crippen molar-refractivity contribution in [3.63, 3.8) is 0 Å². The summed E-state index contributed by atoms with van der Waals surface area (Å²) >= 11 is 0. The second-order valence-corrected chi connectivity index (χ2v) is 9.53. The predicted molar refractivity (Wildman–Crippen MR) is 142 cm³/mol. The molecule has 6 nitrogen and oxygen atoms in total. The van der Waals surface area contributed by atoms with Crippen molar-refractivity contribution >= 4 is 23.2 Å². The van der Waals surface area contributed by atoms with E-state index in [1.807, 2.05) is 41.3 Å². The molecule has 3 aromatic rings. The highest BCUT2D eigenvalue weighted by Crippen LogP contribution is 2.37. The maximum atomic E-state index is 12.4. The molecule has 0 bridgehead atoms. The first-order valence-electron chi connectivity index (χ1n) is 12.7. The first-order chi connectivity index (χ1) is 18.1. The highest BCUT2D eigenvalue weighted by atomic mass is 16.8. The van der Waals surface area contributed by atoms with Crippen LogP contribution < -0.4 is 4.90 Å². The van der Waals surface area contributed by atoms with E-state index in [1.165, 1.54) is 27.8 Å². The van der Waals surface area contributed by atoms with Gasteiger partial charge in [-0.05, 0) is 52.8 Å². The molecule has 1 aliphatic carbocycles. The molecule has 0 N–H and O–H groups in total. The zero-order valence-corrected chi connectivity index (χ0v) is 20.5. The van der Waals surface area contributed by atoms with Gasteiger partial charge in [0, 0.05) is 37.5 Å². The third kappa shape index (κ3) is 4.56. The lowest BCUT2D eigenvalue weighted by molar-refractivity contribution is -0.231. The molecule has 6 rings (SSSR count). The molecule has 6 heteroatoms. The van der Waals surface area contributed by atoms with Crippen LogP contribution in [0.5, 0.6) is 0 Å². The van der Waals surface area contributed by atoms with Gasteiger partial charge in [-0.3, -0.25) is 9.80 Å². The van der Waals surface area contributed by atoms with Crippen molar-refractivity contribution in [1.29, 1.82) is 0 Å². The molecule has 3 aliphatic rings. The first-order valence-corrected chi connectivity index (χ1v) is 12.7. The molecule has 186 valence electrons. The lowest BCUT2D eigenvalue weighted by Gasteiger charge is -2.48. The van der Waals surface area contributed by atoms with Crippen molar-refractivity contribution in [2.24, 2.45) is 0 Å². The topological polar surface area (TPSA) is 59.1 Å². The first kappa shape index (κ1) is 23.3. The minimum absolute atomic E-state index is 0.269. The fraction of sp³-hybridized carbons (Fsp3) is 0.226. The van der Waals surface area contributed by atoms with Crippen LogP contribution in [0.25, 0.3) is 16.7 Å². The Bertz CT molecular complexity index is 1360. The van der Waals surface area contributed by atoms with Crippen LogP contribution in [0.3, 0.4) is 0 Å². The number of rotatable bonds is 5. The molecule has 0 radical (unpaired) electrons. The van der Waals surface area contributed by atoms with Gasteiger partial charge in [0.2, 0.25) is 0 Å². The highest BCUT2D eigenvalue weighted by Gasteiger charge is 2.50. The Morgan fingerprint density at radius 1 is 0.757 bits per heavy atom. The monoisotopic (exact) mass is 492 g/mol. The van der Waals surface area contributed by atoms with Crippen LogP contribution >= 0.6 is 0 Å². The summed E-state index contributed by atoms with van der Waals surface area (Å²) in [5, 5.41) is 0. The number of carbonyl (C=O) groups is 2. The van der Waals surface area contributed by atoms with Crippen LogP contribution in [0.15, 0.2) is 97.1 Å². The van der Waals surface area contributed by atoms with Gasteiger partial charge in [0.1, 0.15) is 0 Å². The van der Waals surface area contributed by atoms with Crippen LogP contribution in [0.4, 0.5) is 5.69 Å². The molecular formula is C31H28N2O4. The summed E-state index contributed by atoms with van der Waals surface area (Å²) in [6.07, 6.45) is 6.35. The lowest BCUT2D eigenvalue weighted by atomic mass is 9.94. The number of hydrogen-bond donors (Lipinski definition) is 0. The maximum Gasteiger partial charge on any atom is 0.356 e. The standard InChI is InChI=1S/C31H28N2O4/c34-29-16-17-30(35)37-31(36-29)22-32(20-21-33(31)25-10-5-2-6-11-25)19-18-24-14-15-28-26(12-7-13-27(24)28)23-8-3-1-4-9-23/h1-14,16-17H,15,18-22H2. The molecule has 37 heavy (non-hydrogen) atoms. The number of ether oxygens (including phenoxy) is 2. The highest BCUT2D eigenvalue weighted by molar-refractivity contribution is 5.93. The van der Waals surface area contributed by atoms with Crippen molar-refractivity contribution in [3.8, 4) is 11.1 Å². The SMILES string of the molecule is O=C1C=CC(=O)OC2(CN(CCC3=CCc4c3cccc4-c3ccccc3)CCN2c2ccccc2)O1. The number of para-hydroxylation sites is 1. The van der Waals surface area contributed by atoms with E-state index in [0.717, 1.165) is 43.8 Å². The fourth-order valence-corrected chi connectivity index (χ4v) is 5.54. The molecule has 1 fully saturated rings. The van der Waals surface area contributed by atoms with Crippen LogP contribution in [-0.4, -0.2) is 48.9 Å². The number of fused-ring (bicyclic) bond motifs is 1. The Kier molecular flexibility index (Phi) is 6.10. The number of hydrogen-bond acceptors (Lipinski definition) is 6. The molecule has 3 aromatic carbocycles. The quantitative estimate of drug-likeness (QED) is 0.476. The van der Waals surface area contributed by atoms with E-state index in [4.69, 9.17) is 9.47 Å².